The second kappa shape index (κ2) is 5.84. The van der Waals surface area contributed by atoms with Gasteiger partial charge >= 0.3 is 0 Å². The molecule has 100 valence electrons. The molecule has 0 bridgehead atoms. The van der Waals surface area contributed by atoms with E-state index in [1.807, 2.05) is 49.0 Å². The van der Waals surface area contributed by atoms with Crippen LogP contribution in [0.25, 0.3) is 0 Å². The molecular formula is C14H19N3OSi. The van der Waals surface area contributed by atoms with E-state index in [0.717, 1.165) is 22.8 Å². The molecule has 1 aromatic carbocycles. The summed E-state index contributed by atoms with van der Waals surface area (Å²) in [5.41, 5.74) is 2.65. The summed E-state index contributed by atoms with van der Waals surface area (Å²) in [6.07, 6.45) is 3.73. The molecule has 19 heavy (non-hydrogen) atoms. The number of aliphatic imine (C=N–C) groups is 1. The van der Waals surface area contributed by atoms with E-state index in [0.29, 0.717) is 0 Å². The first-order valence-electron chi connectivity index (χ1n) is 6.35. The van der Waals surface area contributed by atoms with Gasteiger partial charge in [0.1, 0.15) is 17.1 Å². The summed E-state index contributed by atoms with van der Waals surface area (Å²) in [5, 5.41) is 0. The van der Waals surface area contributed by atoms with Crippen LogP contribution in [-0.2, 0) is 7.05 Å². The van der Waals surface area contributed by atoms with Gasteiger partial charge in [-0.2, -0.15) is 0 Å². The number of benzene rings is 1. The van der Waals surface area contributed by atoms with Gasteiger partial charge in [-0.3, -0.25) is 0 Å². The van der Waals surface area contributed by atoms with Crippen LogP contribution in [0.5, 0.6) is 5.75 Å². The number of para-hydroxylation sites is 2. The third kappa shape index (κ3) is 3.54. The Morgan fingerprint density at radius 1 is 1.32 bits per heavy atom. The van der Waals surface area contributed by atoms with Crippen LogP contribution in [-0.4, -0.2) is 24.3 Å². The first-order chi connectivity index (χ1) is 9.06. The zero-order chi connectivity index (χ0) is 13.8. The largest absolute Gasteiger partial charge is 0.546 e. The third-order valence-electron chi connectivity index (χ3n) is 2.59. The predicted octanol–water partition coefficient (Wildman–Crippen LogP) is 2.92. The van der Waals surface area contributed by atoms with Gasteiger partial charge in [-0.25, -0.2) is 9.98 Å². The fourth-order valence-electron chi connectivity index (χ4n) is 1.74. The molecule has 4 nitrogen and oxygen atoms in total. The number of rotatable bonds is 4. The summed E-state index contributed by atoms with van der Waals surface area (Å²) < 4.78 is 7.81. The highest BCUT2D eigenvalue weighted by atomic mass is 28.3. The molecule has 0 aliphatic heterocycles. The Bertz CT molecular complexity index is 590. The molecule has 0 saturated carbocycles. The maximum atomic E-state index is 5.89. The van der Waals surface area contributed by atoms with E-state index in [9.17, 15) is 0 Å². The molecule has 0 radical (unpaired) electrons. The maximum absolute atomic E-state index is 5.89. The van der Waals surface area contributed by atoms with Gasteiger partial charge in [-0.05, 0) is 32.2 Å². The average Bonchev–Trinajstić information content (AvgIpc) is 2.78. The normalized spacial score (nSPS) is 11.9. The van der Waals surface area contributed by atoms with Crippen molar-refractivity contribution >= 4 is 20.4 Å². The van der Waals surface area contributed by atoms with Crippen LogP contribution < -0.4 is 4.43 Å². The second-order valence-corrected chi connectivity index (χ2v) is 7.09. The smallest absolute Gasteiger partial charge is 0.229 e. The SMILES string of the molecule is CC(=Nc1ccccc1O[SiH](C)C)c1cn(C)cn1. The molecule has 0 amide bonds. The lowest BCUT2D eigenvalue weighted by atomic mass is 10.2. The lowest BCUT2D eigenvalue weighted by Gasteiger charge is -2.11. The van der Waals surface area contributed by atoms with E-state index in [2.05, 4.69) is 23.1 Å². The van der Waals surface area contributed by atoms with Crippen molar-refractivity contribution in [3.63, 3.8) is 0 Å². The Morgan fingerprint density at radius 2 is 2.05 bits per heavy atom. The highest BCUT2D eigenvalue weighted by Crippen LogP contribution is 2.28. The first kappa shape index (κ1) is 13.5. The number of hydrogen-bond acceptors (Lipinski definition) is 3. The Kier molecular flexibility index (Phi) is 4.16. The number of aryl methyl sites for hydroxylation is 1. The molecule has 2 rings (SSSR count). The Balaban J connectivity index is 2.31. The predicted molar refractivity (Wildman–Crippen MR) is 81.0 cm³/mol. The molecular weight excluding hydrogens is 254 g/mol. The Hall–Kier alpha value is -1.88. The average molecular weight is 273 g/mol. The lowest BCUT2D eigenvalue weighted by Crippen LogP contribution is -2.11. The van der Waals surface area contributed by atoms with Crippen molar-refractivity contribution in [2.24, 2.45) is 12.0 Å². The molecule has 1 aromatic heterocycles. The summed E-state index contributed by atoms with van der Waals surface area (Å²) in [5.74, 6) is 0.861. The zero-order valence-corrected chi connectivity index (χ0v) is 12.9. The van der Waals surface area contributed by atoms with E-state index in [1.165, 1.54) is 0 Å². The van der Waals surface area contributed by atoms with E-state index < -0.39 is 9.04 Å². The number of nitrogens with zero attached hydrogens (tertiary/aromatic N) is 3. The van der Waals surface area contributed by atoms with Crippen LogP contribution in [0.15, 0.2) is 41.8 Å². The molecule has 0 atom stereocenters. The van der Waals surface area contributed by atoms with Crippen molar-refractivity contribution in [2.75, 3.05) is 0 Å². The summed E-state index contributed by atoms with van der Waals surface area (Å²) in [7, 11) is 0.820. The molecule has 2 aromatic rings. The van der Waals surface area contributed by atoms with Crippen molar-refractivity contribution < 1.29 is 4.43 Å². The van der Waals surface area contributed by atoms with Gasteiger partial charge in [-0.1, -0.05) is 12.1 Å². The number of aromatic nitrogens is 2. The fraction of sp³-hybridized carbons (Fsp3) is 0.286. The summed E-state index contributed by atoms with van der Waals surface area (Å²) in [6, 6.07) is 7.89. The van der Waals surface area contributed by atoms with Crippen molar-refractivity contribution in [1.29, 1.82) is 0 Å². The van der Waals surface area contributed by atoms with E-state index in [-0.39, 0.29) is 0 Å². The van der Waals surface area contributed by atoms with Crippen molar-refractivity contribution in [1.82, 2.24) is 9.55 Å². The van der Waals surface area contributed by atoms with Crippen LogP contribution >= 0.6 is 0 Å². The third-order valence-corrected chi connectivity index (χ3v) is 3.32. The molecule has 0 spiro atoms. The maximum Gasteiger partial charge on any atom is 0.229 e. The Morgan fingerprint density at radius 3 is 2.68 bits per heavy atom. The minimum atomic E-state index is -1.13. The number of hydrogen-bond donors (Lipinski definition) is 0. The van der Waals surface area contributed by atoms with Gasteiger partial charge in [0.25, 0.3) is 0 Å². The highest BCUT2D eigenvalue weighted by Gasteiger charge is 2.06. The standard InChI is InChI=1S/C14H19N3OSi/c1-11(13-9-17(2)10-15-13)16-12-7-5-6-8-14(12)18-19(3)4/h5-10,19H,1-4H3. The minimum absolute atomic E-state index is 0.861. The molecule has 0 aliphatic carbocycles. The molecule has 0 aliphatic rings. The summed E-state index contributed by atoms with van der Waals surface area (Å²) in [4.78, 5) is 8.94. The van der Waals surface area contributed by atoms with E-state index in [1.54, 1.807) is 6.33 Å². The first-order valence-corrected chi connectivity index (χ1v) is 9.13. The van der Waals surface area contributed by atoms with Gasteiger partial charge in [-0.15, -0.1) is 0 Å². The van der Waals surface area contributed by atoms with Crippen molar-refractivity contribution in [2.45, 2.75) is 20.0 Å². The molecule has 0 unspecified atom stereocenters. The van der Waals surface area contributed by atoms with Crippen molar-refractivity contribution in [3.8, 4) is 5.75 Å². The molecule has 0 saturated heterocycles. The Labute approximate surface area is 115 Å². The second-order valence-electron chi connectivity index (χ2n) is 4.76. The molecule has 0 N–H and O–H groups in total. The number of imidazole rings is 1. The van der Waals surface area contributed by atoms with Crippen LogP contribution in [0.2, 0.25) is 13.1 Å². The quantitative estimate of drug-likeness (QED) is 0.634. The molecule has 0 fully saturated rings. The molecule has 5 heteroatoms. The minimum Gasteiger partial charge on any atom is -0.546 e. The van der Waals surface area contributed by atoms with Crippen LogP contribution in [0.1, 0.15) is 12.6 Å². The topological polar surface area (TPSA) is 39.4 Å². The van der Waals surface area contributed by atoms with E-state index in [4.69, 9.17) is 4.43 Å². The van der Waals surface area contributed by atoms with Crippen LogP contribution in [0.4, 0.5) is 5.69 Å². The van der Waals surface area contributed by atoms with Gasteiger partial charge in [0.2, 0.25) is 9.04 Å². The highest BCUT2D eigenvalue weighted by molar-refractivity contribution is 6.49. The van der Waals surface area contributed by atoms with Gasteiger partial charge in [0.05, 0.1) is 12.0 Å². The van der Waals surface area contributed by atoms with E-state index >= 15 is 0 Å². The van der Waals surface area contributed by atoms with Crippen molar-refractivity contribution in [3.05, 3.63) is 42.5 Å². The summed E-state index contributed by atoms with van der Waals surface area (Å²) in [6.45, 7) is 6.25. The van der Waals surface area contributed by atoms with Gasteiger partial charge < -0.3 is 8.99 Å². The summed E-state index contributed by atoms with van der Waals surface area (Å²) >= 11 is 0. The molecule has 1 heterocycles. The van der Waals surface area contributed by atoms with Gasteiger partial charge in [0.15, 0.2) is 0 Å². The monoisotopic (exact) mass is 273 g/mol. The fourth-order valence-corrected chi connectivity index (χ4v) is 2.45. The zero-order valence-electron chi connectivity index (χ0n) is 11.8. The van der Waals surface area contributed by atoms with Gasteiger partial charge in [0, 0.05) is 13.2 Å². The van der Waals surface area contributed by atoms with Crippen LogP contribution in [0, 0.1) is 0 Å². The van der Waals surface area contributed by atoms with Crippen LogP contribution in [0.3, 0.4) is 0 Å². The lowest BCUT2D eigenvalue weighted by molar-refractivity contribution is 0.582.